The molecule has 0 bridgehead atoms. The molecule has 1 amide bonds. The largest absolute Gasteiger partial charge is 0.350 e. The number of aromatic nitrogens is 2. The van der Waals surface area contributed by atoms with Crippen molar-refractivity contribution < 1.29 is 4.79 Å². The van der Waals surface area contributed by atoms with Crippen molar-refractivity contribution in [1.29, 1.82) is 0 Å². The van der Waals surface area contributed by atoms with Crippen LogP contribution in [0.25, 0.3) is 17.0 Å². The van der Waals surface area contributed by atoms with Crippen LogP contribution in [-0.2, 0) is 11.8 Å². The Labute approximate surface area is 236 Å². The molecule has 1 N–H and O–H groups in total. The Kier molecular flexibility index (Phi) is 6.60. The number of nitrogens with one attached hydrogen (secondary N) is 1. The van der Waals surface area contributed by atoms with E-state index in [2.05, 4.69) is 48.0 Å². The van der Waals surface area contributed by atoms with E-state index < -0.39 is 6.04 Å². The van der Waals surface area contributed by atoms with Gasteiger partial charge in [0.05, 0.1) is 21.8 Å². The first-order chi connectivity index (χ1) is 19.3. The monoisotopic (exact) mass is 546 g/mol. The summed E-state index contributed by atoms with van der Waals surface area (Å²) in [7, 11) is 2.00. The van der Waals surface area contributed by atoms with E-state index in [0.717, 1.165) is 22.0 Å². The quantitative estimate of drug-likeness (QED) is 0.317. The zero-order chi connectivity index (χ0) is 28.0. The first kappa shape index (κ1) is 25.8. The molecule has 6 nitrogen and oxygen atoms in total. The van der Waals surface area contributed by atoms with Crippen molar-refractivity contribution in [3.05, 3.63) is 133 Å². The Morgan fingerprint density at radius 2 is 1.70 bits per heavy atom. The van der Waals surface area contributed by atoms with Crippen LogP contribution < -0.4 is 20.2 Å². The number of hydrogen-bond acceptors (Lipinski definition) is 4. The topological polar surface area (TPSA) is 68.4 Å². The van der Waals surface area contributed by atoms with Gasteiger partial charge in [-0.2, -0.15) is 0 Å². The Morgan fingerprint density at radius 1 is 1.00 bits per heavy atom. The highest BCUT2D eigenvalue weighted by Crippen LogP contribution is 2.32. The molecule has 5 aromatic rings. The van der Waals surface area contributed by atoms with E-state index >= 15 is 0 Å². The summed E-state index contributed by atoms with van der Waals surface area (Å²) in [5, 5.41) is 4.09. The SMILES string of the molecule is CC1=C(C(=O)Nc2ccccc2)C(c2ccc(C(C)C)cc2)n2c(s/c(=C/c3cn(C)c4ccccc34)c2=O)=N1. The fourth-order valence-electron chi connectivity index (χ4n) is 5.34. The van der Waals surface area contributed by atoms with Crippen LogP contribution in [0.3, 0.4) is 0 Å². The van der Waals surface area contributed by atoms with E-state index in [1.165, 1.54) is 16.9 Å². The normalized spacial score (nSPS) is 15.4. The summed E-state index contributed by atoms with van der Waals surface area (Å²) in [6.45, 7) is 6.14. The second-order valence-corrected chi connectivity index (χ2v) is 11.4. The smallest absolute Gasteiger partial charge is 0.271 e. The van der Waals surface area contributed by atoms with Gasteiger partial charge in [-0.25, -0.2) is 4.99 Å². The standard InChI is InChI=1S/C33H30N4O2S/c1-20(2)22-14-16-23(17-15-22)30-29(31(38)35-25-10-6-5-7-11-25)21(3)34-33-37(30)32(39)28(40-33)18-24-19-36(4)27-13-9-8-12-26(24)27/h5-20,30H,1-4H3,(H,35,38)/b28-18+. The van der Waals surface area contributed by atoms with E-state index in [0.29, 0.717) is 32.2 Å². The van der Waals surface area contributed by atoms with Crippen molar-refractivity contribution >= 4 is 39.9 Å². The van der Waals surface area contributed by atoms with Crippen molar-refractivity contribution in [2.75, 3.05) is 5.32 Å². The molecule has 0 radical (unpaired) electrons. The minimum atomic E-state index is -0.601. The lowest BCUT2D eigenvalue weighted by Gasteiger charge is -2.25. The van der Waals surface area contributed by atoms with E-state index in [1.54, 1.807) is 4.57 Å². The van der Waals surface area contributed by atoms with Crippen molar-refractivity contribution in [1.82, 2.24) is 9.13 Å². The van der Waals surface area contributed by atoms with Crippen LogP contribution in [0.5, 0.6) is 0 Å². The maximum atomic E-state index is 14.1. The molecular weight excluding hydrogens is 516 g/mol. The molecule has 6 rings (SSSR count). The van der Waals surface area contributed by atoms with Gasteiger partial charge in [0.15, 0.2) is 4.80 Å². The van der Waals surface area contributed by atoms with E-state index in [-0.39, 0.29) is 11.5 Å². The zero-order valence-corrected chi connectivity index (χ0v) is 23.7. The first-order valence-electron chi connectivity index (χ1n) is 13.3. The molecule has 1 aliphatic heterocycles. The second kappa shape index (κ2) is 10.2. The lowest BCUT2D eigenvalue weighted by Crippen LogP contribution is -2.40. The van der Waals surface area contributed by atoms with Gasteiger partial charge >= 0.3 is 0 Å². The first-order valence-corrected chi connectivity index (χ1v) is 14.2. The molecule has 0 saturated carbocycles. The molecule has 0 saturated heterocycles. The van der Waals surface area contributed by atoms with Crippen LogP contribution >= 0.6 is 11.3 Å². The minimum absolute atomic E-state index is 0.160. The summed E-state index contributed by atoms with van der Waals surface area (Å²) >= 11 is 1.36. The predicted molar refractivity (Wildman–Crippen MR) is 162 cm³/mol. The number of anilines is 1. The number of rotatable bonds is 5. The van der Waals surface area contributed by atoms with Gasteiger partial charge in [0.1, 0.15) is 0 Å². The number of carbonyl (C=O) groups is 1. The molecular formula is C33H30N4O2S. The van der Waals surface area contributed by atoms with Gasteiger partial charge < -0.3 is 9.88 Å². The zero-order valence-electron chi connectivity index (χ0n) is 22.9. The van der Waals surface area contributed by atoms with Gasteiger partial charge in [0.25, 0.3) is 11.5 Å². The Balaban J connectivity index is 1.53. The number of nitrogens with zero attached hydrogens (tertiary/aromatic N) is 3. The summed E-state index contributed by atoms with van der Waals surface area (Å²) in [6, 6.07) is 25.1. The number of para-hydroxylation sites is 2. The molecule has 0 fully saturated rings. The predicted octanol–water partition coefficient (Wildman–Crippen LogP) is 5.49. The molecule has 1 aliphatic rings. The molecule has 200 valence electrons. The Bertz CT molecular complexity index is 1960. The summed E-state index contributed by atoms with van der Waals surface area (Å²) < 4.78 is 4.32. The molecule has 40 heavy (non-hydrogen) atoms. The number of benzene rings is 3. The third kappa shape index (κ3) is 4.52. The lowest BCUT2D eigenvalue weighted by atomic mass is 9.93. The Hall–Kier alpha value is -4.49. The van der Waals surface area contributed by atoms with Crippen LogP contribution in [0.2, 0.25) is 0 Å². The maximum absolute atomic E-state index is 14.1. The number of thiazole rings is 1. The molecule has 2 aromatic heterocycles. The van der Waals surface area contributed by atoms with Crippen LogP contribution in [0.1, 0.15) is 49.4 Å². The average Bonchev–Trinajstić information content (AvgIpc) is 3.43. The van der Waals surface area contributed by atoms with Crippen LogP contribution in [0.15, 0.2) is 106 Å². The molecule has 0 aliphatic carbocycles. The number of amides is 1. The van der Waals surface area contributed by atoms with Crippen LogP contribution in [0, 0.1) is 0 Å². The fraction of sp³-hybridized carbons (Fsp3) is 0.182. The highest BCUT2D eigenvalue weighted by Gasteiger charge is 2.32. The van der Waals surface area contributed by atoms with Crippen LogP contribution in [0.4, 0.5) is 5.69 Å². The molecule has 1 atom stereocenters. The highest BCUT2D eigenvalue weighted by atomic mass is 32.1. The van der Waals surface area contributed by atoms with Gasteiger partial charge in [-0.3, -0.25) is 14.2 Å². The lowest BCUT2D eigenvalue weighted by molar-refractivity contribution is -0.113. The van der Waals surface area contributed by atoms with E-state index in [9.17, 15) is 9.59 Å². The summed E-state index contributed by atoms with van der Waals surface area (Å²) in [5.41, 5.74) is 5.73. The van der Waals surface area contributed by atoms with Gasteiger partial charge in [0.2, 0.25) is 0 Å². The molecule has 3 heterocycles. The van der Waals surface area contributed by atoms with Crippen LogP contribution in [-0.4, -0.2) is 15.0 Å². The summed E-state index contributed by atoms with van der Waals surface area (Å²) in [5.74, 6) is 0.101. The Morgan fingerprint density at radius 3 is 2.42 bits per heavy atom. The minimum Gasteiger partial charge on any atom is -0.350 e. The molecule has 7 heteroatoms. The van der Waals surface area contributed by atoms with E-state index in [4.69, 9.17) is 4.99 Å². The summed E-state index contributed by atoms with van der Waals surface area (Å²) in [6.07, 6.45) is 3.98. The number of hydrogen-bond donors (Lipinski definition) is 1. The number of fused-ring (bicyclic) bond motifs is 2. The van der Waals surface area contributed by atoms with Crippen molar-refractivity contribution in [2.24, 2.45) is 12.0 Å². The molecule has 3 aromatic carbocycles. The number of allylic oxidation sites excluding steroid dienone is 1. The van der Waals surface area contributed by atoms with E-state index in [1.807, 2.05) is 80.8 Å². The fourth-order valence-corrected chi connectivity index (χ4v) is 6.38. The van der Waals surface area contributed by atoms with Gasteiger partial charge in [-0.15, -0.1) is 0 Å². The second-order valence-electron chi connectivity index (χ2n) is 10.4. The summed E-state index contributed by atoms with van der Waals surface area (Å²) in [4.78, 5) is 33.2. The number of aryl methyl sites for hydroxylation is 1. The van der Waals surface area contributed by atoms with Crippen molar-refractivity contribution in [3.63, 3.8) is 0 Å². The number of carbonyl (C=O) groups excluding carboxylic acids is 1. The van der Waals surface area contributed by atoms with Gasteiger partial charge in [0, 0.05) is 35.4 Å². The third-order valence-corrected chi connectivity index (χ3v) is 8.41. The van der Waals surface area contributed by atoms with Crippen molar-refractivity contribution in [3.8, 4) is 0 Å². The average molecular weight is 547 g/mol. The third-order valence-electron chi connectivity index (χ3n) is 7.43. The molecule has 0 spiro atoms. The van der Waals surface area contributed by atoms with Gasteiger partial charge in [-0.1, -0.05) is 85.8 Å². The highest BCUT2D eigenvalue weighted by molar-refractivity contribution is 7.07. The van der Waals surface area contributed by atoms with Crippen molar-refractivity contribution in [2.45, 2.75) is 32.7 Å². The maximum Gasteiger partial charge on any atom is 0.271 e. The molecule has 1 unspecified atom stereocenters. The van der Waals surface area contributed by atoms with Gasteiger partial charge in [-0.05, 0) is 48.2 Å².